The predicted molar refractivity (Wildman–Crippen MR) is 79.9 cm³/mol. The monoisotopic (exact) mass is 272 g/mol. The third kappa shape index (κ3) is 2.32. The first kappa shape index (κ1) is 12.2. The van der Waals surface area contributed by atoms with Crippen molar-refractivity contribution in [3.05, 3.63) is 47.5 Å². The van der Waals surface area contributed by atoms with Gasteiger partial charge in [-0.3, -0.25) is 0 Å². The van der Waals surface area contributed by atoms with Gasteiger partial charge in [-0.15, -0.1) is 0 Å². The zero-order valence-electron chi connectivity index (χ0n) is 10.7. The third-order valence-electron chi connectivity index (χ3n) is 3.09. The molecule has 0 atom stereocenters. The number of benzene rings is 2. The Kier molecular flexibility index (Phi) is 3.40. The van der Waals surface area contributed by atoms with Gasteiger partial charge >= 0.3 is 0 Å². The molecule has 2 heteroatoms. The molecule has 1 heterocycles. The topological polar surface area (TPSA) is 0 Å². The van der Waals surface area contributed by atoms with Gasteiger partial charge in [0.25, 0.3) is 0 Å². The molecule has 0 amide bonds. The highest BCUT2D eigenvalue weighted by Gasteiger charge is 2.17. The van der Waals surface area contributed by atoms with E-state index in [1.54, 1.807) is 0 Å². The SMILES string of the molecule is CCCc1ccc2c(c1)Sc1ccc(C)cc1S2. The Bertz CT molecular complexity index is 588. The lowest BCUT2D eigenvalue weighted by molar-refractivity contribution is 0.912. The van der Waals surface area contributed by atoms with Gasteiger partial charge in [-0.1, -0.05) is 49.0 Å². The van der Waals surface area contributed by atoms with Crippen LogP contribution in [0.1, 0.15) is 24.5 Å². The zero-order chi connectivity index (χ0) is 12.5. The van der Waals surface area contributed by atoms with Crippen molar-refractivity contribution in [2.24, 2.45) is 0 Å². The number of hydrogen-bond donors (Lipinski definition) is 0. The second kappa shape index (κ2) is 5.02. The normalized spacial score (nSPS) is 13.0. The third-order valence-corrected chi connectivity index (χ3v) is 5.61. The van der Waals surface area contributed by atoms with Crippen LogP contribution >= 0.6 is 23.5 Å². The molecule has 18 heavy (non-hydrogen) atoms. The molecule has 0 fully saturated rings. The number of fused-ring (bicyclic) bond motifs is 2. The Hall–Kier alpha value is -0.860. The first-order valence-electron chi connectivity index (χ1n) is 6.35. The van der Waals surface area contributed by atoms with Crippen LogP contribution in [-0.2, 0) is 6.42 Å². The molecule has 92 valence electrons. The van der Waals surface area contributed by atoms with E-state index in [1.807, 2.05) is 23.5 Å². The second-order valence-electron chi connectivity index (χ2n) is 4.69. The van der Waals surface area contributed by atoms with Crippen LogP contribution in [0.4, 0.5) is 0 Å². The van der Waals surface area contributed by atoms with E-state index < -0.39 is 0 Å². The quantitative estimate of drug-likeness (QED) is 0.598. The van der Waals surface area contributed by atoms with Gasteiger partial charge in [0.15, 0.2) is 0 Å². The van der Waals surface area contributed by atoms with Crippen LogP contribution in [0.5, 0.6) is 0 Å². The average Bonchev–Trinajstić information content (AvgIpc) is 2.37. The van der Waals surface area contributed by atoms with Crippen LogP contribution in [-0.4, -0.2) is 0 Å². The van der Waals surface area contributed by atoms with Gasteiger partial charge in [-0.2, -0.15) is 0 Å². The van der Waals surface area contributed by atoms with E-state index in [9.17, 15) is 0 Å². The minimum atomic E-state index is 1.18. The van der Waals surface area contributed by atoms with Crippen molar-refractivity contribution in [2.75, 3.05) is 0 Å². The van der Waals surface area contributed by atoms with Crippen molar-refractivity contribution < 1.29 is 0 Å². The maximum Gasteiger partial charge on any atom is 0.0265 e. The number of aryl methyl sites for hydroxylation is 2. The molecule has 0 unspecified atom stereocenters. The van der Waals surface area contributed by atoms with Crippen LogP contribution in [0.15, 0.2) is 56.0 Å². The van der Waals surface area contributed by atoms with Gasteiger partial charge in [0.2, 0.25) is 0 Å². The summed E-state index contributed by atoms with van der Waals surface area (Å²) in [7, 11) is 0. The minimum Gasteiger partial charge on any atom is -0.0877 e. The fourth-order valence-corrected chi connectivity index (χ4v) is 4.53. The Morgan fingerprint density at radius 2 is 1.50 bits per heavy atom. The maximum absolute atomic E-state index is 2.36. The molecule has 0 N–H and O–H groups in total. The molecule has 0 bridgehead atoms. The molecule has 0 aromatic heterocycles. The summed E-state index contributed by atoms with van der Waals surface area (Å²) in [5.41, 5.74) is 2.80. The summed E-state index contributed by atoms with van der Waals surface area (Å²) in [6.07, 6.45) is 2.39. The molecule has 2 aromatic rings. The molecule has 1 aliphatic heterocycles. The molecule has 0 saturated carbocycles. The van der Waals surface area contributed by atoms with Gasteiger partial charge < -0.3 is 0 Å². The first-order chi connectivity index (χ1) is 8.76. The highest BCUT2D eigenvalue weighted by molar-refractivity contribution is 8.05. The highest BCUT2D eigenvalue weighted by atomic mass is 32.2. The highest BCUT2D eigenvalue weighted by Crippen LogP contribution is 2.48. The van der Waals surface area contributed by atoms with E-state index in [-0.39, 0.29) is 0 Å². The number of rotatable bonds is 2. The largest absolute Gasteiger partial charge is 0.0877 e. The number of hydrogen-bond acceptors (Lipinski definition) is 2. The van der Waals surface area contributed by atoms with Gasteiger partial charge in [0.05, 0.1) is 0 Å². The summed E-state index contributed by atoms with van der Waals surface area (Å²) < 4.78 is 0. The summed E-state index contributed by atoms with van der Waals surface area (Å²) in [6.45, 7) is 4.39. The van der Waals surface area contributed by atoms with Gasteiger partial charge in [-0.05, 0) is 48.7 Å². The van der Waals surface area contributed by atoms with Gasteiger partial charge in [0.1, 0.15) is 0 Å². The summed E-state index contributed by atoms with van der Waals surface area (Å²) in [6, 6.07) is 13.7. The van der Waals surface area contributed by atoms with Gasteiger partial charge in [0, 0.05) is 19.6 Å². The summed E-state index contributed by atoms with van der Waals surface area (Å²) >= 11 is 3.81. The van der Waals surface area contributed by atoms with Crippen LogP contribution < -0.4 is 0 Å². The van der Waals surface area contributed by atoms with Crippen molar-refractivity contribution >= 4 is 23.5 Å². The molecule has 0 spiro atoms. The predicted octanol–water partition coefficient (Wildman–Crippen LogP) is 5.56. The molecule has 0 saturated heterocycles. The molecule has 2 aromatic carbocycles. The van der Waals surface area contributed by atoms with Crippen molar-refractivity contribution in [3.63, 3.8) is 0 Å². The Morgan fingerprint density at radius 3 is 2.22 bits per heavy atom. The first-order valence-corrected chi connectivity index (χ1v) is 7.99. The van der Waals surface area contributed by atoms with Crippen LogP contribution in [0.25, 0.3) is 0 Å². The Labute approximate surface area is 117 Å². The van der Waals surface area contributed by atoms with Crippen LogP contribution in [0.3, 0.4) is 0 Å². The summed E-state index contributed by atoms with van der Waals surface area (Å²) in [4.78, 5) is 5.61. The second-order valence-corrected chi connectivity index (χ2v) is 6.85. The minimum absolute atomic E-state index is 1.18. The van der Waals surface area contributed by atoms with E-state index in [2.05, 4.69) is 50.2 Å². The fraction of sp³-hybridized carbons (Fsp3) is 0.250. The summed E-state index contributed by atoms with van der Waals surface area (Å²) in [5.74, 6) is 0. The van der Waals surface area contributed by atoms with Crippen molar-refractivity contribution in [3.8, 4) is 0 Å². The molecular formula is C16H16S2. The molecule has 1 aliphatic rings. The van der Waals surface area contributed by atoms with E-state index in [4.69, 9.17) is 0 Å². The van der Waals surface area contributed by atoms with Crippen molar-refractivity contribution in [2.45, 2.75) is 46.3 Å². The van der Waals surface area contributed by atoms with Crippen molar-refractivity contribution in [1.82, 2.24) is 0 Å². The molecule has 0 nitrogen and oxygen atoms in total. The Morgan fingerprint density at radius 1 is 0.833 bits per heavy atom. The van der Waals surface area contributed by atoms with E-state index >= 15 is 0 Å². The molecule has 3 rings (SSSR count). The van der Waals surface area contributed by atoms with E-state index in [0.717, 1.165) is 0 Å². The van der Waals surface area contributed by atoms with Gasteiger partial charge in [-0.25, -0.2) is 0 Å². The fourth-order valence-electron chi connectivity index (χ4n) is 2.18. The lowest BCUT2D eigenvalue weighted by Gasteiger charge is -2.19. The maximum atomic E-state index is 2.36. The average molecular weight is 272 g/mol. The molecular weight excluding hydrogens is 256 g/mol. The summed E-state index contributed by atoms with van der Waals surface area (Å²) in [5, 5.41) is 0. The van der Waals surface area contributed by atoms with Crippen LogP contribution in [0.2, 0.25) is 0 Å². The van der Waals surface area contributed by atoms with Crippen molar-refractivity contribution in [1.29, 1.82) is 0 Å². The standard InChI is InChI=1S/C16H16S2/c1-3-4-12-6-8-14-16(10-12)18-13-7-5-11(2)9-15(13)17-14/h5-10H,3-4H2,1-2H3. The molecule has 0 radical (unpaired) electrons. The lowest BCUT2D eigenvalue weighted by atomic mass is 10.1. The zero-order valence-corrected chi connectivity index (χ0v) is 12.3. The molecule has 0 aliphatic carbocycles. The smallest absolute Gasteiger partial charge is 0.0265 e. The van der Waals surface area contributed by atoms with E-state index in [0.29, 0.717) is 0 Å². The Balaban J connectivity index is 1.97. The van der Waals surface area contributed by atoms with Crippen LogP contribution in [0, 0.1) is 6.92 Å². The lowest BCUT2D eigenvalue weighted by Crippen LogP contribution is -1.92. The van der Waals surface area contributed by atoms with E-state index in [1.165, 1.54) is 43.6 Å².